The number of aromatic hydroxyl groups is 1. The molecule has 30 heavy (non-hydrogen) atoms. The maximum atomic E-state index is 12.2. The molecule has 0 bridgehead atoms. The normalized spacial score (nSPS) is 10.1. The number of nitrogens with zero attached hydrogens (tertiary/aromatic N) is 1. The van der Waals surface area contributed by atoms with Crippen LogP contribution in [0.2, 0.25) is 0 Å². The minimum Gasteiger partial charge on any atom is -0.505 e. The highest BCUT2D eigenvalue weighted by atomic mass is 16.4. The van der Waals surface area contributed by atoms with Crippen LogP contribution in [0, 0.1) is 0 Å². The van der Waals surface area contributed by atoms with E-state index in [9.17, 15) is 19.5 Å². The van der Waals surface area contributed by atoms with E-state index in [2.05, 4.69) is 15.6 Å². The summed E-state index contributed by atoms with van der Waals surface area (Å²) < 4.78 is 0. The molecule has 2 aromatic rings. The monoisotopic (exact) mass is 414 g/mol. The van der Waals surface area contributed by atoms with Crippen molar-refractivity contribution in [1.82, 2.24) is 5.32 Å². The second-order valence-electron chi connectivity index (χ2n) is 6.29. The molecule has 2 rings (SSSR count). The zero-order valence-corrected chi connectivity index (χ0v) is 15.9. The van der Waals surface area contributed by atoms with E-state index in [-0.39, 0.29) is 53.6 Å². The molecule has 0 radical (unpaired) electrons. The lowest BCUT2D eigenvalue weighted by Crippen LogP contribution is -2.32. The van der Waals surface area contributed by atoms with Crippen LogP contribution >= 0.6 is 0 Å². The average molecular weight is 414 g/mol. The summed E-state index contributed by atoms with van der Waals surface area (Å²) in [5, 5.41) is 23.9. The van der Waals surface area contributed by atoms with E-state index in [4.69, 9.17) is 22.3 Å². The number of amides is 2. The third-order valence-electron chi connectivity index (χ3n) is 3.87. The van der Waals surface area contributed by atoms with Gasteiger partial charge < -0.3 is 38.0 Å². The molecule has 0 aromatic heterocycles. The number of phenols is 1. The molecule has 158 valence electrons. The maximum absolute atomic E-state index is 12.2. The summed E-state index contributed by atoms with van der Waals surface area (Å²) in [6.07, 6.45) is -0.169. The Hall–Kier alpha value is -4.28. The van der Waals surface area contributed by atoms with Crippen LogP contribution in [0.3, 0.4) is 0 Å². The number of aliphatic imine (C=N–C) groups is 1. The lowest BCUT2D eigenvalue weighted by Gasteiger charge is -2.13. The van der Waals surface area contributed by atoms with Gasteiger partial charge in [-0.1, -0.05) is 6.07 Å². The van der Waals surface area contributed by atoms with Crippen molar-refractivity contribution in [1.29, 1.82) is 0 Å². The van der Waals surface area contributed by atoms with Gasteiger partial charge in [0.05, 0.1) is 17.9 Å². The van der Waals surface area contributed by atoms with Crippen molar-refractivity contribution in [2.45, 2.75) is 12.8 Å². The van der Waals surface area contributed by atoms with Crippen molar-refractivity contribution >= 4 is 40.8 Å². The van der Waals surface area contributed by atoms with Gasteiger partial charge in [0.25, 0.3) is 5.91 Å². The number of carbonyl (C=O) groups excluding carboxylic acids is 2. The molecule has 0 heterocycles. The first-order chi connectivity index (χ1) is 14.2. The zero-order chi connectivity index (χ0) is 22.3. The number of hydrogen-bond donors (Lipinski definition) is 7. The van der Waals surface area contributed by atoms with Crippen molar-refractivity contribution in [3.63, 3.8) is 0 Å². The van der Waals surface area contributed by atoms with Gasteiger partial charge in [-0.15, -0.1) is 0 Å². The van der Waals surface area contributed by atoms with Crippen LogP contribution in [0.5, 0.6) is 5.75 Å². The molecule has 11 heteroatoms. The molecule has 0 fully saturated rings. The van der Waals surface area contributed by atoms with Crippen molar-refractivity contribution in [3.8, 4) is 5.75 Å². The molecule has 10 N–H and O–H groups in total. The molecule has 0 unspecified atom stereocenters. The van der Waals surface area contributed by atoms with Gasteiger partial charge in [0.2, 0.25) is 5.91 Å². The Labute approximate surface area is 171 Å². The lowest BCUT2D eigenvalue weighted by atomic mass is 10.1. The molecule has 0 aliphatic rings. The van der Waals surface area contributed by atoms with Crippen LogP contribution in [-0.4, -0.2) is 40.5 Å². The molecule has 0 spiro atoms. The maximum Gasteiger partial charge on any atom is 0.303 e. The predicted octanol–water partition coefficient (Wildman–Crippen LogP) is 0.265. The van der Waals surface area contributed by atoms with E-state index >= 15 is 0 Å². The molecule has 2 aromatic carbocycles. The molecular formula is C19H22N6O5. The number of hydrogen-bond acceptors (Lipinski definition) is 6. The van der Waals surface area contributed by atoms with Gasteiger partial charge in [0.15, 0.2) is 5.96 Å². The summed E-state index contributed by atoms with van der Waals surface area (Å²) in [5.41, 5.74) is 17.5. The van der Waals surface area contributed by atoms with E-state index in [1.807, 2.05) is 0 Å². The van der Waals surface area contributed by atoms with Crippen molar-refractivity contribution in [2.75, 3.05) is 17.6 Å². The first-order valence-corrected chi connectivity index (χ1v) is 8.76. The van der Waals surface area contributed by atoms with Crippen molar-refractivity contribution < 1.29 is 24.6 Å². The number of carboxylic acid groups (broad SMARTS) is 1. The van der Waals surface area contributed by atoms with Gasteiger partial charge in [-0.3, -0.25) is 14.4 Å². The Morgan fingerprint density at radius 2 is 1.83 bits per heavy atom. The molecular weight excluding hydrogens is 392 g/mol. The molecule has 0 aliphatic carbocycles. The number of carbonyl (C=O) groups is 3. The SMILES string of the molecule is NC(N)=Nc1cccc(C(=O)NCC(=O)Nc2cc(N)cc(CCC(=O)O)c2O)c1. The number of rotatable bonds is 8. The first-order valence-electron chi connectivity index (χ1n) is 8.76. The fraction of sp³-hybridized carbons (Fsp3) is 0.158. The van der Waals surface area contributed by atoms with Gasteiger partial charge in [-0.05, 0) is 42.3 Å². The van der Waals surface area contributed by atoms with E-state index in [1.54, 1.807) is 12.1 Å². The number of nitrogens with one attached hydrogen (secondary N) is 2. The van der Waals surface area contributed by atoms with E-state index in [1.165, 1.54) is 24.3 Å². The van der Waals surface area contributed by atoms with E-state index in [0.717, 1.165) is 0 Å². The number of nitrogens with two attached hydrogens (primary N) is 3. The Bertz CT molecular complexity index is 1000. The van der Waals surface area contributed by atoms with Gasteiger partial charge >= 0.3 is 5.97 Å². The number of aryl methyl sites for hydroxylation is 1. The van der Waals surface area contributed by atoms with Gasteiger partial charge in [-0.2, -0.15) is 0 Å². The zero-order valence-electron chi connectivity index (χ0n) is 15.9. The second kappa shape index (κ2) is 9.78. The van der Waals surface area contributed by atoms with Gasteiger partial charge in [-0.25, -0.2) is 4.99 Å². The molecule has 2 amide bonds. The van der Waals surface area contributed by atoms with Crippen LogP contribution in [0.4, 0.5) is 17.1 Å². The van der Waals surface area contributed by atoms with Crippen LogP contribution < -0.4 is 27.8 Å². The second-order valence-corrected chi connectivity index (χ2v) is 6.29. The standard InChI is InChI=1S/C19H22N6O5/c20-12-6-10(4-5-16(27)28)17(29)14(8-12)25-15(26)9-23-18(30)11-2-1-3-13(7-11)24-19(21)22/h1-3,6-8,29H,4-5,9,20H2,(H,23,30)(H,25,26)(H,27,28)(H4,21,22,24). The number of carboxylic acids is 1. The summed E-state index contributed by atoms with van der Waals surface area (Å²) in [4.78, 5) is 39.0. The van der Waals surface area contributed by atoms with Crippen LogP contribution in [0.1, 0.15) is 22.3 Å². The smallest absolute Gasteiger partial charge is 0.303 e. The number of guanidine groups is 1. The highest BCUT2D eigenvalue weighted by Gasteiger charge is 2.14. The predicted molar refractivity (Wildman–Crippen MR) is 111 cm³/mol. The van der Waals surface area contributed by atoms with Crippen molar-refractivity contribution in [3.05, 3.63) is 47.5 Å². The Balaban J connectivity index is 2.02. The lowest BCUT2D eigenvalue weighted by molar-refractivity contribution is -0.137. The average Bonchev–Trinajstić information content (AvgIpc) is 2.67. The fourth-order valence-corrected chi connectivity index (χ4v) is 2.57. The minimum atomic E-state index is -1.03. The largest absolute Gasteiger partial charge is 0.505 e. The summed E-state index contributed by atoms with van der Waals surface area (Å²) >= 11 is 0. The van der Waals surface area contributed by atoms with Gasteiger partial charge in [0, 0.05) is 17.7 Å². The number of benzene rings is 2. The molecule has 11 nitrogen and oxygen atoms in total. The van der Waals surface area contributed by atoms with Crippen LogP contribution in [0.15, 0.2) is 41.4 Å². The summed E-state index contributed by atoms with van der Waals surface area (Å²) in [6.45, 7) is -0.385. The molecule has 0 aliphatic heterocycles. The number of anilines is 2. The Morgan fingerprint density at radius 1 is 1.10 bits per heavy atom. The van der Waals surface area contributed by atoms with Crippen molar-refractivity contribution in [2.24, 2.45) is 16.5 Å². The number of aliphatic carboxylic acids is 1. The first kappa shape index (κ1) is 22.0. The van der Waals surface area contributed by atoms with Gasteiger partial charge in [0.1, 0.15) is 5.75 Å². The van der Waals surface area contributed by atoms with Crippen LogP contribution in [0.25, 0.3) is 0 Å². The number of phenolic OH excluding ortho intramolecular Hbond substituents is 1. The Kier molecular flexibility index (Phi) is 7.17. The molecule has 0 atom stereocenters. The van der Waals surface area contributed by atoms with E-state index in [0.29, 0.717) is 5.69 Å². The highest BCUT2D eigenvalue weighted by molar-refractivity contribution is 6.00. The quantitative estimate of drug-likeness (QED) is 0.105. The molecule has 0 saturated carbocycles. The Morgan fingerprint density at radius 3 is 2.50 bits per heavy atom. The molecule has 0 saturated heterocycles. The summed E-state index contributed by atoms with van der Waals surface area (Å²) in [5.74, 6) is -2.62. The summed E-state index contributed by atoms with van der Waals surface area (Å²) in [7, 11) is 0. The summed E-state index contributed by atoms with van der Waals surface area (Å²) in [6, 6.07) is 8.92. The van der Waals surface area contributed by atoms with Crippen LogP contribution in [-0.2, 0) is 16.0 Å². The topological polar surface area (TPSA) is 206 Å². The number of nitrogen functional groups attached to an aromatic ring is 1. The fourth-order valence-electron chi connectivity index (χ4n) is 2.57. The van der Waals surface area contributed by atoms with E-state index < -0.39 is 17.8 Å². The minimum absolute atomic E-state index is 0.0180. The highest BCUT2D eigenvalue weighted by Crippen LogP contribution is 2.31. The third kappa shape index (κ3) is 6.41. The third-order valence-corrected chi connectivity index (χ3v) is 3.87.